The van der Waals surface area contributed by atoms with Crippen LogP contribution in [0, 0.1) is 5.92 Å². The Labute approximate surface area is 125 Å². The fourth-order valence-corrected chi connectivity index (χ4v) is 2.49. The summed E-state index contributed by atoms with van der Waals surface area (Å²) in [7, 11) is -1.61. The molecule has 114 valence electrons. The van der Waals surface area contributed by atoms with Gasteiger partial charge >= 0.3 is 0 Å². The van der Waals surface area contributed by atoms with Crippen molar-refractivity contribution < 1.29 is 13.4 Å². The average Bonchev–Trinajstić information content (AvgIpc) is 2.81. The first-order chi connectivity index (χ1) is 9.86. The van der Waals surface area contributed by atoms with Crippen LogP contribution in [0.5, 0.6) is 0 Å². The topological polar surface area (TPSA) is 98.2 Å². The maximum atomic E-state index is 12.1. The van der Waals surface area contributed by atoms with Crippen LogP contribution in [0.25, 0.3) is 11.1 Å². The zero-order valence-corrected chi connectivity index (χ0v) is 13.1. The number of benzene rings is 1. The third-order valence-electron chi connectivity index (χ3n) is 3.24. The number of hydrogen-bond donors (Lipinski definition) is 2. The van der Waals surface area contributed by atoms with Gasteiger partial charge in [0, 0.05) is 11.7 Å². The number of nitrogen functional groups attached to an aromatic ring is 1. The van der Waals surface area contributed by atoms with Crippen molar-refractivity contribution in [1.82, 2.24) is 10.3 Å². The van der Waals surface area contributed by atoms with E-state index in [0.29, 0.717) is 22.7 Å². The van der Waals surface area contributed by atoms with Gasteiger partial charge in [0.2, 0.25) is 5.91 Å². The highest BCUT2D eigenvalue weighted by Crippen LogP contribution is 2.20. The summed E-state index contributed by atoms with van der Waals surface area (Å²) in [5.41, 5.74) is 7.24. The van der Waals surface area contributed by atoms with Crippen LogP contribution < -0.4 is 11.1 Å². The predicted octanol–water partition coefficient (Wildman–Crippen LogP) is 1.68. The van der Waals surface area contributed by atoms with E-state index in [-0.39, 0.29) is 22.9 Å². The molecule has 2 rings (SSSR count). The van der Waals surface area contributed by atoms with Gasteiger partial charge in [0.25, 0.3) is 5.22 Å². The van der Waals surface area contributed by atoms with Crippen molar-refractivity contribution >= 4 is 33.5 Å². The number of hydrogen-bond acceptors (Lipinski definition) is 5. The van der Waals surface area contributed by atoms with Crippen molar-refractivity contribution in [3.63, 3.8) is 0 Å². The van der Waals surface area contributed by atoms with Crippen molar-refractivity contribution in [2.24, 2.45) is 5.92 Å². The molecule has 1 aromatic heterocycles. The van der Waals surface area contributed by atoms with Crippen LogP contribution in [0.2, 0.25) is 0 Å². The van der Waals surface area contributed by atoms with Gasteiger partial charge in [-0.1, -0.05) is 13.8 Å². The number of anilines is 1. The molecule has 0 radical (unpaired) electrons. The van der Waals surface area contributed by atoms with E-state index in [1.807, 2.05) is 20.8 Å². The van der Waals surface area contributed by atoms with Crippen LogP contribution in [0.4, 0.5) is 5.69 Å². The van der Waals surface area contributed by atoms with Gasteiger partial charge in [-0.25, -0.2) is 9.19 Å². The van der Waals surface area contributed by atoms with Crippen molar-refractivity contribution in [3.8, 4) is 0 Å². The Morgan fingerprint density at radius 2 is 2.14 bits per heavy atom. The number of nitrogens with zero attached hydrogens (tertiary/aromatic N) is 1. The number of oxazole rings is 1. The molecule has 3 N–H and O–H groups in total. The number of nitrogens with two attached hydrogens (primary N) is 1. The average molecular weight is 309 g/mol. The molecule has 2 unspecified atom stereocenters. The van der Waals surface area contributed by atoms with Crippen LogP contribution in [0.1, 0.15) is 20.8 Å². The van der Waals surface area contributed by atoms with Crippen molar-refractivity contribution in [2.75, 3.05) is 11.5 Å². The highest BCUT2D eigenvalue weighted by atomic mass is 32.2. The summed E-state index contributed by atoms with van der Waals surface area (Å²) in [6.07, 6.45) is 0. The molecule has 1 amide bonds. The summed E-state index contributed by atoms with van der Waals surface area (Å²) in [5.74, 6) is -0.134. The fraction of sp³-hybridized carbons (Fsp3) is 0.429. The first-order valence-corrected chi connectivity index (χ1v) is 8.02. The lowest BCUT2D eigenvalue weighted by atomic mass is 10.1. The minimum absolute atomic E-state index is 0.0259. The van der Waals surface area contributed by atoms with Crippen molar-refractivity contribution in [3.05, 3.63) is 18.2 Å². The molecular formula is C14H19N3O3S. The summed E-state index contributed by atoms with van der Waals surface area (Å²) >= 11 is 0. The Kier molecular flexibility index (Phi) is 4.62. The van der Waals surface area contributed by atoms with E-state index in [4.69, 9.17) is 10.2 Å². The fourth-order valence-electron chi connectivity index (χ4n) is 1.66. The smallest absolute Gasteiger partial charge is 0.288 e. The van der Waals surface area contributed by atoms with E-state index >= 15 is 0 Å². The second kappa shape index (κ2) is 6.26. The van der Waals surface area contributed by atoms with Gasteiger partial charge in [0.1, 0.15) is 22.1 Å². The second-order valence-corrected chi connectivity index (χ2v) is 6.63. The van der Waals surface area contributed by atoms with Crippen LogP contribution >= 0.6 is 0 Å². The summed E-state index contributed by atoms with van der Waals surface area (Å²) in [6.45, 7) is 5.92. The molecule has 0 aliphatic rings. The number of nitrogens with one attached hydrogen (secondary N) is 1. The van der Waals surface area contributed by atoms with E-state index in [9.17, 15) is 9.00 Å². The van der Waals surface area contributed by atoms with Gasteiger partial charge in [0.15, 0.2) is 5.58 Å². The molecule has 2 atom stereocenters. The maximum Gasteiger partial charge on any atom is 0.288 e. The van der Waals surface area contributed by atoms with E-state index in [0.717, 1.165) is 0 Å². The second-order valence-electron chi connectivity index (χ2n) is 5.30. The molecule has 0 aliphatic heterocycles. The van der Waals surface area contributed by atoms with E-state index < -0.39 is 10.8 Å². The number of amides is 1. The largest absolute Gasteiger partial charge is 0.430 e. The number of carbonyl (C=O) groups is 1. The lowest BCUT2D eigenvalue weighted by molar-refractivity contribution is -0.119. The minimum Gasteiger partial charge on any atom is -0.430 e. The molecular weight excluding hydrogens is 290 g/mol. The Morgan fingerprint density at radius 1 is 1.43 bits per heavy atom. The van der Waals surface area contributed by atoms with Gasteiger partial charge in [-0.15, -0.1) is 0 Å². The molecule has 0 bridgehead atoms. The number of rotatable bonds is 5. The summed E-state index contributed by atoms with van der Waals surface area (Å²) in [6, 6.07) is 5.01. The minimum atomic E-state index is -1.61. The molecule has 0 spiro atoms. The number of aromatic nitrogens is 1. The lowest BCUT2D eigenvalue weighted by Gasteiger charge is -2.16. The first-order valence-electron chi connectivity index (χ1n) is 6.70. The Morgan fingerprint density at radius 3 is 2.81 bits per heavy atom. The zero-order valence-electron chi connectivity index (χ0n) is 12.3. The monoisotopic (exact) mass is 309 g/mol. The molecule has 6 nitrogen and oxygen atoms in total. The van der Waals surface area contributed by atoms with Crippen molar-refractivity contribution in [1.29, 1.82) is 0 Å². The van der Waals surface area contributed by atoms with Gasteiger partial charge in [0.05, 0.1) is 0 Å². The maximum absolute atomic E-state index is 12.1. The summed E-state index contributed by atoms with van der Waals surface area (Å²) < 4.78 is 17.5. The summed E-state index contributed by atoms with van der Waals surface area (Å²) in [4.78, 5) is 15.9. The number of fused-ring (bicyclic) bond motifs is 1. The standard InChI is InChI=1S/C14H19N3O3S/c1-8(2)9(3)16-13(18)7-21(19)14-17-11-6-10(15)4-5-12(11)20-14/h4-6,8-9H,7,15H2,1-3H3,(H,16,18). The molecule has 21 heavy (non-hydrogen) atoms. The highest BCUT2D eigenvalue weighted by molar-refractivity contribution is 7.85. The summed E-state index contributed by atoms with van der Waals surface area (Å²) in [5, 5.41) is 2.85. The zero-order chi connectivity index (χ0) is 15.6. The van der Waals surface area contributed by atoms with E-state index in [1.54, 1.807) is 18.2 Å². The molecule has 0 aliphatic carbocycles. The SMILES string of the molecule is CC(C)C(C)NC(=O)CS(=O)c1nc2cc(N)ccc2o1. The van der Waals surface area contributed by atoms with Gasteiger partial charge in [-0.3, -0.25) is 4.79 Å². The molecule has 7 heteroatoms. The predicted molar refractivity (Wildman–Crippen MR) is 82.1 cm³/mol. The molecule has 2 aromatic rings. The number of carbonyl (C=O) groups excluding carboxylic acids is 1. The van der Waals surface area contributed by atoms with Crippen LogP contribution in [0.3, 0.4) is 0 Å². The van der Waals surface area contributed by atoms with Crippen LogP contribution in [-0.4, -0.2) is 26.9 Å². The van der Waals surface area contributed by atoms with Gasteiger partial charge in [-0.05, 0) is 31.0 Å². The van der Waals surface area contributed by atoms with Crippen LogP contribution in [0.15, 0.2) is 27.8 Å². The lowest BCUT2D eigenvalue weighted by Crippen LogP contribution is -2.38. The first kappa shape index (κ1) is 15.5. The third kappa shape index (κ3) is 3.81. The molecule has 1 heterocycles. The van der Waals surface area contributed by atoms with Gasteiger partial charge < -0.3 is 15.5 Å². The third-order valence-corrected chi connectivity index (χ3v) is 4.33. The highest BCUT2D eigenvalue weighted by Gasteiger charge is 2.18. The normalized spacial score (nSPS) is 14.3. The Hall–Kier alpha value is -1.89. The molecule has 0 saturated carbocycles. The van der Waals surface area contributed by atoms with E-state index in [2.05, 4.69) is 10.3 Å². The van der Waals surface area contributed by atoms with Gasteiger partial charge in [-0.2, -0.15) is 0 Å². The molecule has 0 fully saturated rings. The van der Waals surface area contributed by atoms with Crippen molar-refractivity contribution in [2.45, 2.75) is 32.0 Å². The molecule has 1 aromatic carbocycles. The van der Waals surface area contributed by atoms with E-state index in [1.165, 1.54) is 0 Å². The van der Waals surface area contributed by atoms with Crippen LogP contribution in [-0.2, 0) is 15.6 Å². The molecule has 0 saturated heterocycles. The Bertz CT molecular complexity index is 681. The quantitative estimate of drug-likeness (QED) is 0.819. The Balaban J connectivity index is 2.06.